The summed E-state index contributed by atoms with van der Waals surface area (Å²) in [6.45, 7) is 3.61. The molecule has 3 aromatic rings. The normalized spacial score (nSPS) is 10.4. The second kappa shape index (κ2) is 10.2. The van der Waals surface area contributed by atoms with E-state index in [1.807, 2.05) is 49.4 Å². The average molecular weight is 392 g/mol. The van der Waals surface area contributed by atoms with Crippen LogP contribution in [0, 0.1) is 0 Å². The van der Waals surface area contributed by atoms with Gasteiger partial charge in [-0.25, -0.2) is 9.97 Å². The number of aromatic nitrogens is 2. The fourth-order valence-electron chi connectivity index (χ4n) is 2.65. The molecule has 3 rings (SSSR count). The summed E-state index contributed by atoms with van der Waals surface area (Å²) < 4.78 is 10.5. The van der Waals surface area contributed by atoms with Gasteiger partial charge in [-0.2, -0.15) is 0 Å². The van der Waals surface area contributed by atoms with Crippen LogP contribution in [0.15, 0.2) is 60.7 Å². The predicted octanol–water partition coefficient (Wildman–Crippen LogP) is 3.85. The molecule has 2 aromatic carbocycles. The van der Waals surface area contributed by atoms with Gasteiger partial charge in [0.15, 0.2) is 5.82 Å². The Morgan fingerprint density at radius 3 is 2.48 bits per heavy atom. The fourth-order valence-corrected chi connectivity index (χ4v) is 2.65. The van der Waals surface area contributed by atoms with Crippen molar-refractivity contribution in [2.75, 3.05) is 37.5 Å². The lowest BCUT2D eigenvalue weighted by molar-refractivity contribution is 0.102. The number of carbonyl (C=O) groups is 1. The second-order valence-electron chi connectivity index (χ2n) is 6.16. The molecular weight excluding hydrogens is 368 g/mol. The Morgan fingerprint density at radius 2 is 1.79 bits per heavy atom. The highest BCUT2D eigenvalue weighted by Gasteiger charge is 2.13. The van der Waals surface area contributed by atoms with Crippen LogP contribution < -0.4 is 15.4 Å². The molecular formula is C22H24N4O3. The van der Waals surface area contributed by atoms with Crippen molar-refractivity contribution in [3.8, 4) is 17.1 Å². The molecule has 150 valence electrons. The van der Waals surface area contributed by atoms with E-state index in [-0.39, 0.29) is 11.6 Å². The molecule has 1 aromatic heterocycles. The number of hydrogen-bond acceptors (Lipinski definition) is 6. The van der Waals surface area contributed by atoms with Gasteiger partial charge in [0.05, 0.1) is 13.2 Å². The molecule has 0 saturated carbocycles. The van der Waals surface area contributed by atoms with Crippen LogP contribution in [-0.2, 0) is 4.74 Å². The number of nitrogens with one attached hydrogen (secondary N) is 2. The number of nitrogens with zero attached hydrogens (tertiary/aromatic N) is 2. The number of carbonyl (C=O) groups excluding carboxylic acids is 1. The Balaban J connectivity index is 1.83. The van der Waals surface area contributed by atoms with Gasteiger partial charge in [-0.3, -0.25) is 4.79 Å². The molecule has 0 aliphatic rings. The topological polar surface area (TPSA) is 85.4 Å². The van der Waals surface area contributed by atoms with Crippen molar-refractivity contribution in [3.63, 3.8) is 0 Å². The smallest absolute Gasteiger partial charge is 0.274 e. The van der Waals surface area contributed by atoms with Crippen LogP contribution in [0.25, 0.3) is 11.4 Å². The largest absolute Gasteiger partial charge is 0.494 e. The number of rotatable bonds is 9. The van der Waals surface area contributed by atoms with Crippen LogP contribution in [0.3, 0.4) is 0 Å². The number of hydrogen-bond donors (Lipinski definition) is 2. The molecule has 0 radical (unpaired) electrons. The highest BCUT2D eigenvalue weighted by Crippen LogP contribution is 2.20. The van der Waals surface area contributed by atoms with Gasteiger partial charge >= 0.3 is 0 Å². The first-order valence-corrected chi connectivity index (χ1v) is 9.41. The Labute approximate surface area is 170 Å². The molecule has 1 heterocycles. The monoisotopic (exact) mass is 392 g/mol. The van der Waals surface area contributed by atoms with Gasteiger partial charge < -0.3 is 20.1 Å². The Kier molecular flexibility index (Phi) is 7.13. The first-order chi connectivity index (χ1) is 14.2. The van der Waals surface area contributed by atoms with E-state index in [1.165, 1.54) is 0 Å². The third kappa shape index (κ3) is 5.76. The average Bonchev–Trinajstić information content (AvgIpc) is 2.76. The van der Waals surface area contributed by atoms with Crippen LogP contribution in [0.1, 0.15) is 17.4 Å². The summed E-state index contributed by atoms with van der Waals surface area (Å²) in [5, 5.41) is 6.03. The number of amides is 1. The maximum atomic E-state index is 12.8. The SMILES string of the molecule is CCOc1ccc(NC(=O)c2cc(NCCOC)nc(-c3ccccc3)n2)cc1. The van der Waals surface area contributed by atoms with Gasteiger partial charge in [0.2, 0.25) is 0 Å². The van der Waals surface area contributed by atoms with Crippen LogP contribution in [-0.4, -0.2) is 42.7 Å². The third-order valence-electron chi connectivity index (χ3n) is 4.03. The summed E-state index contributed by atoms with van der Waals surface area (Å²) in [4.78, 5) is 21.8. The van der Waals surface area contributed by atoms with Gasteiger partial charge in [0.25, 0.3) is 5.91 Å². The van der Waals surface area contributed by atoms with Crippen LogP contribution >= 0.6 is 0 Å². The Hall–Kier alpha value is -3.45. The molecule has 7 heteroatoms. The van der Waals surface area contributed by atoms with Crippen molar-refractivity contribution in [3.05, 3.63) is 66.4 Å². The van der Waals surface area contributed by atoms with Gasteiger partial charge in [0, 0.05) is 31.0 Å². The van der Waals surface area contributed by atoms with Crippen LogP contribution in [0.4, 0.5) is 11.5 Å². The molecule has 2 N–H and O–H groups in total. The summed E-state index contributed by atoms with van der Waals surface area (Å²) in [6, 6.07) is 18.4. The standard InChI is InChI=1S/C22H24N4O3/c1-3-29-18-11-9-17(10-12-18)24-22(27)19-15-20(23-13-14-28-2)26-21(25-19)16-7-5-4-6-8-16/h4-12,15H,3,13-14H2,1-2H3,(H,24,27)(H,23,25,26). The first kappa shape index (κ1) is 20.3. The Morgan fingerprint density at radius 1 is 1.03 bits per heavy atom. The number of anilines is 2. The van der Waals surface area contributed by atoms with Crippen molar-refractivity contribution in [1.82, 2.24) is 9.97 Å². The van der Waals surface area contributed by atoms with Gasteiger partial charge in [-0.05, 0) is 31.2 Å². The summed E-state index contributed by atoms with van der Waals surface area (Å²) in [6.07, 6.45) is 0. The molecule has 0 fully saturated rings. The number of ether oxygens (including phenoxy) is 2. The zero-order valence-electron chi connectivity index (χ0n) is 16.5. The molecule has 0 unspecified atom stereocenters. The van der Waals surface area contributed by atoms with E-state index in [0.717, 1.165) is 11.3 Å². The summed E-state index contributed by atoms with van der Waals surface area (Å²) in [5.74, 6) is 1.48. The van der Waals surface area contributed by atoms with Crippen LogP contribution in [0.2, 0.25) is 0 Å². The molecule has 0 aliphatic carbocycles. The van der Waals surface area contributed by atoms with Crippen molar-refractivity contribution >= 4 is 17.4 Å². The van der Waals surface area contributed by atoms with Crippen molar-refractivity contribution in [2.24, 2.45) is 0 Å². The molecule has 0 spiro atoms. The van der Waals surface area contributed by atoms with Crippen molar-refractivity contribution in [2.45, 2.75) is 6.92 Å². The van der Waals surface area contributed by atoms with E-state index in [9.17, 15) is 4.79 Å². The van der Waals surface area contributed by atoms with E-state index < -0.39 is 0 Å². The summed E-state index contributed by atoms with van der Waals surface area (Å²) >= 11 is 0. The van der Waals surface area contributed by atoms with Gasteiger partial charge in [-0.15, -0.1) is 0 Å². The van der Waals surface area contributed by atoms with E-state index in [1.54, 1.807) is 25.3 Å². The lowest BCUT2D eigenvalue weighted by Gasteiger charge is -2.11. The zero-order chi connectivity index (χ0) is 20.5. The van der Waals surface area contributed by atoms with E-state index in [0.29, 0.717) is 37.1 Å². The van der Waals surface area contributed by atoms with Crippen molar-refractivity contribution in [1.29, 1.82) is 0 Å². The predicted molar refractivity (Wildman–Crippen MR) is 113 cm³/mol. The summed E-state index contributed by atoms with van der Waals surface area (Å²) in [7, 11) is 1.63. The minimum Gasteiger partial charge on any atom is -0.494 e. The molecule has 1 amide bonds. The molecule has 29 heavy (non-hydrogen) atoms. The summed E-state index contributed by atoms with van der Waals surface area (Å²) in [5.41, 5.74) is 1.76. The van der Waals surface area contributed by atoms with Gasteiger partial charge in [-0.1, -0.05) is 30.3 Å². The van der Waals surface area contributed by atoms with E-state index in [4.69, 9.17) is 9.47 Å². The molecule has 0 aliphatic heterocycles. The highest BCUT2D eigenvalue weighted by molar-refractivity contribution is 6.03. The van der Waals surface area contributed by atoms with E-state index in [2.05, 4.69) is 20.6 Å². The van der Waals surface area contributed by atoms with E-state index >= 15 is 0 Å². The lowest BCUT2D eigenvalue weighted by atomic mass is 10.2. The Bertz CT molecular complexity index is 931. The lowest BCUT2D eigenvalue weighted by Crippen LogP contribution is -2.16. The first-order valence-electron chi connectivity index (χ1n) is 9.41. The second-order valence-corrected chi connectivity index (χ2v) is 6.16. The number of benzene rings is 2. The molecule has 0 atom stereocenters. The zero-order valence-corrected chi connectivity index (χ0v) is 16.5. The quantitative estimate of drug-likeness (QED) is 0.538. The van der Waals surface area contributed by atoms with Crippen molar-refractivity contribution < 1.29 is 14.3 Å². The molecule has 0 bridgehead atoms. The molecule has 7 nitrogen and oxygen atoms in total. The van der Waals surface area contributed by atoms with Crippen LogP contribution in [0.5, 0.6) is 5.75 Å². The molecule has 0 saturated heterocycles. The fraction of sp³-hybridized carbons (Fsp3) is 0.227. The third-order valence-corrected chi connectivity index (χ3v) is 4.03. The number of methoxy groups -OCH3 is 1. The maximum absolute atomic E-state index is 12.8. The minimum absolute atomic E-state index is 0.271. The van der Waals surface area contributed by atoms with Gasteiger partial charge in [0.1, 0.15) is 17.3 Å². The maximum Gasteiger partial charge on any atom is 0.274 e. The highest BCUT2D eigenvalue weighted by atomic mass is 16.5. The minimum atomic E-state index is -0.316.